The van der Waals surface area contributed by atoms with Gasteiger partial charge in [-0.2, -0.15) is 0 Å². The average Bonchev–Trinajstić information content (AvgIpc) is 3.75. The molecular weight excluding hydrogens is 643 g/mol. The van der Waals surface area contributed by atoms with Crippen molar-refractivity contribution >= 4 is 34.6 Å². The minimum Gasteiger partial charge on any atom is -0.490 e. The molecule has 0 spiro atoms. The van der Waals surface area contributed by atoms with Gasteiger partial charge < -0.3 is 24.1 Å². The highest BCUT2D eigenvalue weighted by Gasteiger charge is 2.14. The van der Waals surface area contributed by atoms with Crippen LogP contribution in [-0.4, -0.2) is 72.6 Å². The maximum Gasteiger partial charge on any atom is 0.303 e. The largest absolute Gasteiger partial charge is 0.490 e. The molecule has 1 N–H and O–H groups in total. The van der Waals surface area contributed by atoms with E-state index in [1.54, 1.807) is 18.4 Å². The van der Waals surface area contributed by atoms with E-state index >= 15 is 0 Å². The maximum atomic E-state index is 11.8. The molecule has 1 amide bonds. The first-order valence-corrected chi connectivity index (χ1v) is 17.2. The average molecular weight is 686 g/mol. The van der Waals surface area contributed by atoms with E-state index in [9.17, 15) is 9.59 Å². The number of thiazole rings is 2. The second kappa shape index (κ2) is 19.5. The Hall–Kier alpha value is -4.20. The number of hydrogen-bond donors (Lipinski definition) is 1. The Morgan fingerprint density at radius 1 is 0.702 bits per heavy atom. The minimum atomic E-state index is -0.811. The summed E-state index contributed by atoms with van der Waals surface area (Å²) in [6.45, 7) is 10.0. The third-order valence-electron chi connectivity index (χ3n) is 6.50. The van der Waals surface area contributed by atoms with Crippen LogP contribution in [0.3, 0.4) is 0 Å². The van der Waals surface area contributed by atoms with Gasteiger partial charge in [-0.15, -0.1) is 22.7 Å². The first-order chi connectivity index (χ1) is 22.7. The number of amides is 1. The number of aryl methyl sites for hydroxylation is 2. The standard InChI is InChI=1S/C18H24N2O4S.C16H19NO4S/c1-5-23-15-9-7-13(11-16(15)24-6-2)18-19-14(12-25-18)8-10-17(21)20(3)22-4;1-3-20-13-7-5-11(9-14(13)21-4-2)16-17-12(10-22-16)6-8-15(18)19/h7,9,11-12H,5-6,8,10H2,1-4H3;5,7,9-10H,3-4,6,8H2,1-2H3,(H,18,19). The summed E-state index contributed by atoms with van der Waals surface area (Å²) in [5.41, 5.74) is 3.61. The first kappa shape index (κ1) is 37.3. The van der Waals surface area contributed by atoms with Gasteiger partial charge in [0.05, 0.1) is 51.3 Å². The van der Waals surface area contributed by atoms with Crippen LogP contribution in [0.2, 0.25) is 0 Å². The van der Waals surface area contributed by atoms with Crippen molar-refractivity contribution in [3.8, 4) is 44.1 Å². The Kier molecular flexibility index (Phi) is 15.4. The normalized spacial score (nSPS) is 10.5. The number of ether oxygens (including phenoxy) is 4. The van der Waals surface area contributed by atoms with E-state index in [2.05, 4.69) is 9.97 Å². The number of carbonyl (C=O) groups excluding carboxylic acids is 1. The van der Waals surface area contributed by atoms with Crippen molar-refractivity contribution in [3.05, 3.63) is 58.5 Å². The number of aromatic nitrogens is 2. The van der Waals surface area contributed by atoms with E-state index in [-0.39, 0.29) is 12.3 Å². The minimum absolute atomic E-state index is 0.0725. The molecule has 0 aliphatic carbocycles. The Morgan fingerprint density at radius 3 is 1.53 bits per heavy atom. The fourth-order valence-electron chi connectivity index (χ4n) is 4.21. The maximum absolute atomic E-state index is 11.8. The van der Waals surface area contributed by atoms with Gasteiger partial charge in [-0.25, -0.2) is 15.0 Å². The number of carbonyl (C=O) groups is 2. The molecule has 254 valence electrons. The molecule has 0 unspecified atom stereocenters. The molecule has 4 aromatic rings. The van der Waals surface area contributed by atoms with Gasteiger partial charge in [0, 0.05) is 41.8 Å². The van der Waals surface area contributed by atoms with E-state index in [1.165, 1.54) is 23.5 Å². The van der Waals surface area contributed by atoms with Crippen molar-refractivity contribution in [2.45, 2.75) is 53.4 Å². The van der Waals surface area contributed by atoms with Crippen LogP contribution in [0.1, 0.15) is 51.9 Å². The van der Waals surface area contributed by atoms with Crippen LogP contribution in [0, 0.1) is 0 Å². The van der Waals surface area contributed by atoms with Gasteiger partial charge in [0.25, 0.3) is 0 Å². The zero-order valence-electron chi connectivity index (χ0n) is 27.7. The predicted molar refractivity (Wildman–Crippen MR) is 184 cm³/mol. The zero-order valence-corrected chi connectivity index (χ0v) is 29.4. The molecule has 0 saturated carbocycles. The van der Waals surface area contributed by atoms with Crippen LogP contribution in [0.25, 0.3) is 21.1 Å². The predicted octanol–water partition coefficient (Wildman–Crippen LogP) is 7.18. The molecule has 0 atom stereocenters. The molecular formula is C34H43N3O8S2. The highest BCUT2D eigenvalue weighted by molar-refractivity contribution is 7.13. The summed E-state index contributed by atoms with van der Waals surface area (Å²) in [5, 5.41) is 15.6. The molecule has 2 heterocycles. The van der Waals surface area contributed by atoms with Crippen LogP contribution in [0.15, 0.2) is 47.2 Å². The number of rotatable bonds is 17. The smallest absolute Gasteiger partial charge is 0.303 e. The molecule has 0 aliphatic heterocycles. The van der Waals surface area contributed by atoms with Crippen molar-refractivity contribution in [2.75, 3.05) is 40.6 Å². The van der Waals surface area contributed by atoms with Crippen molar-refractivity contribution in [1.82, 2.24) is 15.0 Å². The molecule has 0 saturated heterocycles. The van der Waals surface area contributed by atoms with Crippen LogP contribution >= 0.6 is 22.7 Å². The van der Waals surface area contributed by atoms with Gasteiger partial charge in [0.2, 0.25) is 5.91 Å². The lowest BCUT2D eigenvalue weighted by Crippen LogP contribution is -2.25. The third-order valence-corrected chi connectivity index (χ3v) is 8.38. The number of hydrogen-bond acceptors (Lipinski definition) is 11. The molecule has 47 heavy (non-hydrogen) atoms. The van der Waals surface area contributed by atoms with E-state index in [0.29, 0.717) is 51.4 Å². The molecule has 0 aliphatic rings. The summed E-state index contributed by atoms with van der Waals surface area (Å²) in [7, 11) is 3.07. The van der Waals surface area contributed by atoms with Crippen LogP contribution in [0.4, 0.5) is 0 Å². The third kappa shape index (κ3) is 11.5. The fourth-order valence-corrected chi connectivity index (χ4v) is 5.91. The van der Waals surface area contributed by atoms with Gasteiger partial charge in [0.1, 0.15) is 10.0 Å². The van der Waals surface area contributed by atoms with Crippen LogP contribution in [-0.2, 0) is 27.3 Å². The van der Waals surface area contributed by atoms with E-state index in [0.717, 1.165) is 49.8 Å². The number of carboxylic acid groups (broad SMARTS) is 1. The summed E-state index contributed by atoms with van der Waals surface area (Å²) in [6, 6.07) is 11.5. The lowest BCUT2D eigenvalue weighted by Gasteiger charge is -2.12. The number of aliphatic carboxylic acids is 1. The highest BCUT2D eigenvalue weighted by Crippen LogP contribution is 2.35. The Morgan fingerprint density at radius 2 is 1.13 bits per heavy atom. The molecule has 4 rings (SSSR count). The Bertz CT molecular complexity index is 1570. The number of nitrogens with zero attached hydrogens (tertiary/aromatic N) is 3. The molecule has 0 radical (unpaired) electrons. The highest BCUT2D eigenvalue weighted by atomic mass is 32.1. The van der Waals surface area contributed by atoms with Gasteiger partial charge in [-0.3, -0.25) is 14.4 Å². The SMILES string of the molecule is CCOc1ccc(-c2nc(CCC(=O)N(C)OC)cs2)cc1OCC.CCOc1ccc(-c2nc(CCC(=O)O)cs2)cc1OCC. The molecule has 0 fully saturated rings. The topological polar surface area (TPSA) is 130 Å². The second-order valence-corrected chi connectivity index (χ2v) is 11.5. The van der Waals surface area contributed by atoms with Gasteiger partial charge in [-0.05, 0) is 70.5 Å². The van der Waals surface area contributed by atoms with Crippen molar-refractivity contribution < 1.29 is 38.5 Å². The van der Waals surface area contributed by atoms with Crippen LogP contribution < -0.4 is 18.9 Å². The number of benzene rings is 2. The lowest BCUT2D eigenvalue weighted by molar-refractivity contribution is -0.168. The molecule has 2 aromatic carbocycles. The first-order valence-electron chi connectivity index (χ1n) is 15.4. The monoisotopic (exact) mass is 685 g/mol. The van der Waals surface area contributed by atoms with E-state index in [1.807, 2.05) is 74.9 Å². The fraction of sp³-hybridized carbons (Fsp3) is 0.412. The summed E-state index contributed by atoms with van der Waals surface area (Å²) in [4.78, 5) is 36.4. The van der Waals surface area contributed by atoms with Gasteiger partial charge in [-0.1, -0.05) is 0 Å². The molecule has 0 bridgehead atoms. The summed E-state index contributed by atoms with van der Waals surface area (Å²) in [6.07, 6.45) is 1.48. The number of carboxylic acids is 1. The summed E-state index contributed by atoms with van der Waals surface area (Å²) >= 11 is 3.05. The van der Waals surface area contributed by atoms with Crippen molar-refractivity contribution in [2.24, 2.45) is 0 Å². The quantitative estimate of drug-likeness (QED) is 0.114. The second-order valence-electron chi connectivity index (χ2n) is 9.81. The van der Waals surface area contributed by atoms with Crippen LogP contribution in [0.5, 0.6) is 23.0 Å². The van der Waals surface area contributed by atoms with Crippen molar-refractivity contribution in [1.29, 1.82) is 0 Å². The van der Waals surface area contributed by atoms with E-state index in [4.69, 9.17) is 28.9 Å². The van der Waals surface area contributed by atoms with Gasteiger partial charge >= 0.3 is 5.97 Å². The Labute approximate surface area is 284 Å². The molecule has 13 heteroatoms. The zero-order chi connectivity index (χ0) is 34.2. The summed E-state index contributed by atoms with van der Waals surface area (Å²) < 4.78 is 22.4. The lowest BCUT2D eigenvalue weighted by atomic mass is 10.2. The van der Waals surface area contributed by atoms with Crippen molar-refractivity contribution in [3.63, 3.8) is 0 Å². The van der Waals surface area contributed by atoms with E-state index < -0.39 is 5.97 Å². The summed E-state index contributed by atoms with van der Waals surface area (Å²) in [5.74, 6) is 1.99. The molecule has 11 nitrogen and oxygen atoms in total. The number of hydroxylamine groups is 2. The molecule has 2 aromatic heterocycles. The van der Waals surface area contributed by atoms with Gasteiger partial charge in [0.15, 0.2) is 23.0 Å². The Balaban J connectivity index is 0.000000257.